The van der Waals surface area contributed by atoms with Crippen LogP contribution in [0.1, 0.15) is 83.9 Å². The molecule has 16 heteroatoms. The number of ether oxygens (including phenoxy) is 1. The summed E-state index contributed by atoms with van der Waals surface area (Å²) in [5.41, 5.74) is 5.74. The number of amides is 3. The summed E-state index contributed by atoms with van der Waals surface area (Å²) in [7, 11) is 2.65. The topological polar surface area (TPSA) is 193 Å². The van der Waals surface area contributed by atoms with Crippen LogP contribution in [0.5, 0.6) is 0 Å². The van der Waals surface area contributed by atoms with Gasteiger partial charge in [-0.1, -0.05) is 60.7 Å². The Balaban J connectivity index is 0.982. The SMILES string of the molecule is COO/C=N/[C@@H](C(=O)N1CCC[C@H]1c1nc2cc(Cc3ccc4[nH]c([C@@H]5CCCN5C(=O)[C@H](NC(=O)OC)c5ccccc5)nc4n3)cnc2[nH]1)c1ccccc1. The summed E-state index contributed by atoms with van der Waals surface area (Å²) < 4.78 is 4.83. The number of fused-ring (bicyclic) bond motifs is 2. The number of imidazole rings is 2. The third-order valence-electron chi connectivity index (χ3n) is 10.4. The molecule has 3 N–H and O–H groups in total. The highest BCUT2D eigenvalue weighted by molar-refractivity contribution is 5.88. The van der Waals surface area contributed by atoms with Crippen LogP contribution in [0.15, 0.2) is 90.1 Å². The van der Waals surface area contributed by atoms with E-state index in [1.54, 1.807) is 23.2 Å². The summed E-state index contributed by atoms with van der Waals surface area (Å²) in [6.45, 7) is 1.10. The van der Waals surface area contributed by atoms with E-state index in [9.17, 15) is 14.4 Å². The van der Waals surface area contributed by atoms with Crippen LogP contribution in [-0.4, -0.2) is 91.3 Å². The molecule has 16 nitrogen and oxygen atoms in total. The molecular weight excluding hydrogens is 729 g/mol. The number of methoxy groups -OCH3 is 1. The Labute approximate surface area is 327 Å². The van der Waals surface area contributed by atoms with Gasteiger partial charge in [0.25, 0.3) is 11.8 Å². The highest BCUT2D eigenvalue weighted by atomic mass is 17.2. The molecule has 6 aromatic rings. The number of aliphatic imine (C=N–C) groups is 1. The maximum atomic E-state index is 13.9. The molecule has 4 atom stereocenters. The number of benzene rings is 2. The Morgan fingerprint density at radius 2 is 1.54 bits per heavy atom. The summed E-state index contributed by atoms with van der Waals surface area (Å²) >= 11 is 0. The van der Waals surface area contributed by atoms with Gasteiger partial charge in [-0.25, -0.2) is 29.7 Å². The molecule has 0 saturated carbocycles. The number of carbonyl (C=O) groups is 3. The van der Waals surface area contributed by atoms with Crippen molar-refractivity contribution in [1.82, 2.24) is 45.0 Å². The molecule has 2 aliphatic heterocycles. The number of H-pyrrole nitrogens is 2. The van der Waals surface area contributed by atoms with E-state index >= 15 is 0 Å². The monoisotopic (exact) mass is 770 g/mol. The number of hydrogen-bond donors (Lipinski definition) is 3. The molecule has 57 heavy (non-hydrogen) atoms. The van der Waals surface area contributed by atoms with Crippen molar-refractivity contribution in [1.29, 1.82) is 0 Å². The number of aromatic amines is 2. The number of hydrogen-bond acceptors (Lipinski definition) is 11. The number of pyridine rings is 2. The van der Waals surface area contributed by atoms with Crippen LogP contribution in [-0.2, 0) is 30.5 Å². The lowest BCUT2D eigenvalue weighted by atomic mass is 10.1. The summed E-state index contributed by atoms with van der Waals surface area (Å²) in [5.74, 6) is 0.917. The zero-order valence-corrected chi connectivity index (χ0v) is 31.5. The van der Waals surface area contributed by atoms with Gasteiger partial charge in [0.2, 0.25) is 6.40 Å². The number of aromatic nitrogens is 6. The van der Waals surface area contributed by atoms with Gasteiger partial charge in [0.15, 0.2) is 17.3 Å². The van der Waals surface area contributed by atoms with Crippen molar-refractivity contribution in [2.75, 3.05) is 27.3 Å². The maximum Gasteiger partial charge on any atom is 0.407 e. The lowest BCUT2D eigenvalue weighted by Gasteiger charge is -2.28. The van der Waals surface area contributed by atoms with E-state index in [4.69, 9.17) is 24.6 Å². The first-order valence-corrected chi connectivity index (χ1v) is 18.9. The smallest absolute Gasteiger partial charge is 0.407 e. The summed E-state index contributed by atoms with van der Waals surface area (Å²) in [5, 5.41) is 2.70. The molecule has 6 heterocycles. The molecule has 2 aliphatic rings. The average molecular weight is 771 g/mol. The summed E-state index contributed by atoms with van der Waals surface area (Å²) in [6, 6.07) is 22.1. The average Bonchev–Trinajstić information content (AvgIpc) is 4.07. The molecular formula is C41H42N10O6. The zero-order valence-electron chi connectivity index (χ0n) is 31.5. The number of alkyl carbamates (subject to hydrolysis) is 1. The second-order valence-electron chi connectivity index (χ2n) is 14.0. The molecule has 0 radical (unpaired) electrons. The molecule has 8 rings (SSSR count). The van der Waals surface area contributed by atoms with Gasteiger partial charge in [-0.15, -0.1) is 0 Å². The molecule has 0 aliphatic carbocycles. The molecule has 292 valence electrons. The molecule has 2 fully saturated rings. The quantitative estimate of drug-likeness (QED) is 0.0612. The third-order valence-corrected chi connectivity index (χ3v) is 10.4. The fraction of sp³-hybridized carbons (Fsp3) is 0.317. The van der Waals surface area contributed by atoms with Crippen LogP contribution in [0.25, 0.3) is 22.3 Å². The van der Waals surface area contributed by atoms with E-state index in [0.29, 0.717) is 60.0 Å². The molecule has 2 saturated heterocycles. The first-order chi connectivity index (χ1) is 27.9. The van der Waals surface area contributed by atoms with E-state index < -0.39 is 18.2 Å². The number of likely N-dealkylation sites (tertiary alicyclic amines) is 2. The Morgan fingerprint density at radius 3 is 2.25 bits per heavy atom. The van der Waals surface area contributed by atoms with Crippen molar-refractivity contribution in [3.05, 3.63) is 119 Å². The summed E-state index contributed by atoms with van der Waals surface area (Å²) in [6.07, 6.45) is 5.83. The van der Waals surface area contributed by atoms with Crippen molar-refractivity contribution < 1.29 is 28.9 Å². The Morgan fingerprint density at radius 1 is 0.860 bits per heavy atom. The van der Waals surface area contributed by atoms with E-state index in [2.05, 4.69) is 30.1 Å². The highest BCUT2D eigenvalue weighted by Crippen LogP contribution is 2.36. The fourth-order valence-electron chi connectivity index (χ4n) is 7.74. The van der Waals surface area contributed by atoms with Gasteiger partial charge >= 0.3 is 6.09 Å². The minimum atomic E-state index is -0.905. The lowest BCUT2D eigenvalue weighted by molar-refractivity contribution is -0.188. The molecule has 4 aromatic heterocycles. The molecule has 0 spiro atoms. The zero-order chi connectivity index (χ0) is 39.3. The predicted octanol–water partition coefficient (Wildman–Crippen LogP) is 5.59. The normalized spacial score (nSPS) is 18.0. The Hall–Kier alpha value is -6.68. The van der Waals surface area contributed by atoms with Crippen molar-refractivity contribution in [3.8, 4) is 0 Å². The minimum Gasteiger partial charge on any atom is -0.453 e. The van der Waals surface area contributed by atoms with E-state index in [1.165, 1.54) is 14.2 Å². The fourth-order valence-corrected chi connectivity index (χ4v) is 7.74. The van der Waals surface area contributed by atoms with Crippen molar-refractivity contribution >= 4 is 46.6 Å². The molecule has 2 aromatic carbocycles. The largest absolute Gasteiger partial charge is 0.453 e. The number of rotatable bonds is 12. The first-order valence-electron chi connectivity index (χ1n) is 18.9. The second-order valence-corrected chi connectivity index (χ2v) is 14.0. The molecule has 0 bridgehead atoms. The van der Waals surface area contributed by atoms with Gasteiger partial charge in [0.05, 0.1) is 31.8 Å². The van der Waals surface area contributed by atoms with Gasteiger partial charge in [-0.3, -0.25) is 9.59 Å². The van der Waals surface area contributed by atoms with Gasteiger partial charge in [-0.05, 0) is 60.6 Å². The highest BCUT2D eigenvalue weighted by Gasteiger charge is 2.38. The number of nitrogens with one attached hydrogen (secondary N) is 3. The predicted molar refractivity (Wildman–Crippen MR) is 208 cm³/mol. The second kappa shape index (κ2) is 16.6. The van der Waals surface area contributed by atoms with Crippen LogP contribution < -0.4 is 5.32 Å². The van der Waals surface area contributed by atoms with Crippen LogP contribution >= 0.6 is 0 Å². The third kappa shape index (κ3) is 7.89. The van der Waals surface area contributed by atoms with E-state index in [0.717, 1.165) is 48.0 Å². The first kappa shape index (κ1) is 37.3. The van der Waals surface area contributed by atoms with E-state index in [-0.39, 0.29) is 23.9 Å². The van der Waals surface area contributed by atoms with Gasteiger partial charge < -0.3 is 34.7 Å². The lowest BCUT2D eigenvalue weighted by Crippen LogP contribution is -2.42. The Kier molecular flexibility index (Phi) is 10.8. The standard InChI is InChI=1S/C41H42N10O6/c1-55-41(54)47-34(27-13-7-4-8-14-27)40(53)51-20-10-15-31(51)37-45-29-18-17-28(44-36(29)49-37)21-25-22-30-35(42-23-25)48-38(46-30)32-16-9-19-50(32)39(52)33(43-24-57-56-2)26-11-5-3-6-12-26/h3-8,11-14,17-18,22-24,31-34H,9-10,15-16,19-21H2,1-2H3,(H,47,54)(H,42,46,48)(H,44,45,49)/b43-24+/t31-,32-,33+,34+/m0/s1. The summed E-state index contributed by atoms with van der Waals surface area (Å²) in [4.78, 5) is 83.7. The number of nitrogens with zero attached hydrogens (tertiary/aromatic N) is 7. The Bertz CT molecular complexity index is 2400. The molecule has 0 unspecified atom stereocenters. The minimum absolute atomic E-state index is 0.157. The van der Waals surface area contributed by atoms with Crippen molar-refractivity contribution in [2.45, 2.75) is 56.3 Å². The van der Waals surface area contributed by atoms with E-state index in [1.807, 2.05) is 71.6 Å². The van der Waals surface area contributed by atoms with Crippen LogP contribution in [0.4, 0.5) is 4.79 Å². The van der Waals surface area contributed by atoms with Crippen molar-refractivity contribution in [3.63, 3.8) is 0 Å². The van der Waals surface area contributed by atoms with Crippen LogP contribution in [0, 0.1) is 0 Å². The van der Waals surface area contributed by atoms with Crippen LogP contribution in [0.2, 0.25) is 0 Å². The number of carbonyl (C=O) groups excluding carboxylic acids is 3. The van der Waals surface area contributed by atoms with Gasteiger partial charge in [0.1, 0.15) is 23.2 Å². The van der Waals surface area contributed by atoms with Gasteiger partial charge in [0, 0.05) is 31.4 Å². The van der Waals surface area contributed by atoms with Crippen LogP contribution in [0.3, 0.4) is 0 Å². The van der Waals surface area contributed by atoms with Crippen molar-refractivity contribution in [2.24, 2.45) is 4.99 Å². The maximum absolute atomic E-state index is 13.9. The molecule has 3 amide bonds. The van der Waals surface area contributed by atoms with Gasteiger partial charge in [-0.2, -0.15) is 4.89 Å².